The maximum Gasteiger partial charge on any atom is 0.327 e. The predicted molar refractivity (Wildman–Crippen MR) is 113 cm³/mol. The smallest absolute Gasteiger partial charge is 0.327 e. The van der Waals surface area contributed by atoms with Gasteiger partial charge in [0.2, 0.25) is 0 Å². The van der Waals surface area contributed by atoms with E-state index >= 15 is 0 Å². The molecule has 0 rings (SSSR count). The molecule has 1 unspecified atom stereocenters. The van der Waals surface area contributed by atoms with Crippen LogP contribution in [0.15, 0.2) is 12.7 Å². The predicted octanol–water partition coefficient (Wildman–Crippen LogP) is -0.281. The third kappa shape index (κ3) is 22.9. The van der Waals surface area contributed by atoms with Crippen molar-refractivity contribution in [3.8, 4) is 0 Å². The van der Waals surface area contributed by atoms with Gasteiger partial charge in [-0.2, -0.15) is 8.42 Å². The number of unbranched alkanes of at least 4 members (excludes halogenated alkanes) is 6. The number of carboxylic acids is 1. The first-order valence-electron chi connectivity index (χ1n) is 10.1. The molecule has 0 heterocycles. The van der Waals surface area contributed by atoms with Crippen molar-refractivity contribution in [1.82, 2.24) is 0 Å². The van der Waals surface area contributed by atoms with E-state index < -0.39 is 65.5 Å². The van der Waals surface area contributed by atoms with Crippen molar-refractivity contribution in [3.05, 3.63) is 12.7 Å². The second-order valence-corrected chi connectivity index (χ2v) is 8.42. The van der Waals surface area contributed by atoms with Gasteiger partial charge in [0.25, 0.3) is 10.1 Å². The Morgan fingerprint density at radius 2 is 1.33 bits per heavy atom. The molecule has 0 spiro atoms. The summed E-state index contributed by atoms with van der Waals surface area (Å²) in [5, 5.41) is 39.7. The lowest BCUT2D eigenvalue weighted by Gasteiger charge is -2.13. The molecule has 0 aromatic rings. The molecule has 0 saturated heterocycles. The number of carboxylic acid groups (broad SMARTS) is 1. The third-order valence-electron chi connectivity index (χ3n) is 3.79. The number of hydrogen-bond acceptors (Lipinski definition) is 11. The Labute approximate surface area is 192 Å². The number of rotatable bonds is 17. The van der Waals surface area contributed by atoms with E-state index in [9.17, 15) is 22.8 Å². The van der Waals surface area contributed by atoms with Crippen LogP contribution < -0.4 is 0 Å². The average molecular weight is 503 g/mol. The average Bonchev–Trinajstić information content (AvgIpc) is 2.70. The molecule has 0 amide bonds. The normalized spacial score (nSPS) is 12.0. The summed E-state index contributed by atoms with van der Waals surface area (Å²) in [4.78, 5) is 32.6. The number of hydrogen-bond donors (Lipinski definition) is 6. The minimum Gasteiger partial charge on any atom is -0.481 e. The molecule has 13 nitrogen and oxygen atoms in total. The van der Waals surface area contributed by atoms with Crippen molar-refractivity contribution in [2.75, 3.05) is 13.2 Å². The Balaban J connectivity index is 0. The van der Waals surface area contributed by atoms with E-state index in [1.54, 1.807) is 0 Å². The quantitative estimate of drug-likeness (QED) is 0.0495. The number of aliphatic hydroxyl groups is 4. The van der Waals surface area contributed by atoms with E-state index in [1.165, 1.54) is 25.7 Å². The molecule has 14 heteroatoms. The summed E-state index contributed by atoms with van der Waals surface area (Å²) >= 11 is 0. The number of aliphatic hydroxyl groups excluding tert-OH is 2. The highest BCUT2D eigenvalue weighted by atomic mass is 32.2. The molecule has 33 heavy (non-hydrogen) atoms. The van der Waals surface area contributed by atoms with E-state index in [4.69, 9.17) is 30.1 Å². The SMILES string of the molecule is C=CCCCCCCCCC(=O)O.O=C(CC(C(=O)OCC(O)O)S(=O)(=O)O)OCC(O)O. The second-order valence-electron chi connectivity index (χ2n) is 6.82. The summed E-state index contributed by atoms with van der Waals surface area (Å²) in [5.74, 6) is -3.59. The van der Waals surface area contributed by atoms with E-state index in [0.29, 0.717) is 6.42 Å². The fourth-order valence-electron chi connectivity index (χ4n) is 2.21. The number of esters is 2. The number of carbonyl (C=O) groups excluding carboxylic acids is 2. The highest BCUT2D eigenvalue weighted by Gasteiger charge is 2.36. The molecule has 0 radical (unpaired) electrons. The summed E-state index contributed by atoms with van der Waals surface area (Å²) in [6.07, 6.45) is 4.95. The van der Waals surface area contributed by atoms with Crippen LogP contribution in [0.1, 0.15) is 57.8 Å². The van der Waals surface area contributed by atoms with Gasteiger partial charge in [-0.15, -0.1) is 6.58 Å². The lowest BCUT2D eigenvalue weighted by molar-refractivity contribution is -0.162. The minimum atomic E-state index is -5.01. The van der Waals surface area contributed by atoms with Crippen molar-refractivity contribution < 1.29 is 62.4 Å². The van der Waals surface area contributed by atoms with Crippen molar-refractivity contribution in [2.24, 2.45) is 0 Å². The largest absolute Gasteiger partial charge is 0.481 e. The monoisotopic (exact) mass is 502 g/mol. The van der Waals surface area contributed by atoms with Crippen molar-refractivity contribution in [3.63, 3.8) is 0 Å². The van der Waals surface area contributed by atoms with E-state index in [2.05, 4.69) is 16.1 Å². The van der Waals surface area contributed by atoms with Gasteiger partial charge in [0.15, 0.2) is 17.8 Å². The van der Waals surface area contributed by atoms with Crippen LogP contribution >= 0.6 is 0 Å². The van der Waals surface area contributed by atoms with Gasteiger partial charge in [-0.1, -0.05) is 31.8 Å². The van der Waals surface area contributed by atoms with Gasteiger partial charge in [-0.25, -0.2) is 0 Å². The Kier molecular flexibility index (Phi) is 19.4. The van der Waals surface area contributed by atoms with E-state index in [-0.39, 0.29) is 0 Å². The van der Waals surface area contributed by atoms with Crippen LogP contribution in [0.4, 0.5) is 0 Å². The number of ether oxygens (including phenoxy) is 2. The highest BCUT2D eigenvalue weighted by Crippen LogP contribution is 2.09. The Bertz CT molecular complexity index is 673. The standard InChI is InChI=1S/C11H20O2.C8H14O11S/c1-2-3-4-5-6-7-8-9-10-11(12)13;9-5(10)2-18-7(13)1-4(20(15,16)17)8(14)19-3-6(11)12/h2H,1,3-10H2,(H,12,13);4-6,9-12H,1-3H2,(H,15,16,17). The molecular weight excluding hydrogens is 468 g/mol. The van der Waals surface area contributed by atoms with Crippen LogP contribution in [0.25, 0.3) is 0 Å². The van der Waals surface area contributed by atoms with Gasteiger partial charge in [0.05, 0.1) is 6.42 Å². The van der Waals surface area contributed by atoms with Gasteiger partial charge < -0.3 is 35.0 Å². The number of allylic oxidation sites excluding steroid dienone is 1. The first-order valence-corrected chi connectivity index (χ1v) is 11.6. The van der Waals surface area contributed by atoms with Gasteiger partial charge in [0.1, 0.15) is 13.2 Å². The molecule has 0 aromatic heterocycles. The zero-order valence-electron chi connectivity index (χ0n) is 18.2. The summed E-state index contributed by atoms with van der Waals surface area (Å²) in [7, 11) is -5.01. The Hall–Kier alpha value is -2.10. The zero-order chi connectivity index (χ0) is 25.9. The first-order chi connectivity index (χ1) is 15.3. The summed E-state index contributed by atoms with van der Waals surface area (Å²) < 4.78 is 38.9. The highest BCUT2D eigenvalue weighted by molar-refractivity contribution is 7.87. The van der Waals surface area contributed by atoms with Gasteiger partial charge >= 0.3 is 17.9 Å². The topological polar surface area (TPSA) is 225 Å². The molecule has 194 valence electrons. The molecule has 0 aliphatic heterocycles. The molecule has 0 aliphatic carbocycles. The Morgan fingerprint density at radius 1 is 0.848 bits per heavy atom. The molecule has 6 N–H and O–H groups in total. The lowest BCUT2D eigenvalue weighted by Crippen LogP contribution is -2.36. The fourth-order valence-corrected chi connectivity index (χ4v) is 2.87. The van der Waals surface area contributed by atoms with E-state index in [1.807, 2.05) is 6.08 Å². The van der Waals surface area contributed by atoms with E-state index in [0.717, 1.165) is 19.3 Å². The van der Waals surface area contributed by atoms with Crippen LogP contribution in [0.2, 0.25) is 0 Å². The van der Waals surface area contributed by atoms with Gasteiger partial charge in [-0.05, 0) is 19.3 Å². The van der Waals surface area contributed by atoms with Crippen LogP contribution in [0.5, 0.6) is 0 Å². The molecule has 0 aliphatic rings. The van der Waals surface area contributed by atoms with Gasteiger partial charge in [-0.3, -0.25) is 18.9 Å². The minimum absolute atomic E-state index is 0.326. The first kappa shape index (κ1) is 33.1. The lowest BCUT2D eigenvalue weighted by atomic mass is 10.1. The molecular formula is C19H34O13S. The fraction of sp³-hybridized carbons (Fsp3) is 0.737. The summed E-state index contributed by atoms with van der Waals surface area (Å²) in [5.41, 5.74) is 0. The second kappa shape index (κ2) is 19.4. The molecule has 0 saturated carbocycles. The molecule has 0 aromatic carbocycles. The maximum absolute atomic E-state index is 11.3. The number of carbonyl (C=O) groups is 3. The summed E-state index contributed by atoms with van der Waals surface area (Å²) in [6.45, 7) is 1.84. The van der Waals surface area contributed by atoms with Crippen LogP contribution in [0, 0.1) is 0 Å². The van der Waals surface area contributed by atoms with Crippen LogP contribution in [0.3, 0.4) is 0 Å². The van der Waals surface area contributed by atoms with Crippen molar-refractivity contribution in [1.29, 1.82) is 0 Å². The Morgan fingerprint density at radius 3 is 1.79 bits per heavy atom. The van der Waals surface area contributed by atoms with Gasteiger partial charge in [0, 0.05) is 6.42 Å². The molecule has 1 atom stereocenters. The zero-order valence-corrected chi connectivity index (χ0v) is 19.1. The van der Waals surface area contributed by atoms with Crippen LogP contribution in [-0.2, 0) is 34.0 Å². The molecule has 0 fully saturated rings. The third-order valence-corrected chi connectivity index (χ3v) is 4.87. The van der Waals surface area contributed by atoms with Crippen molar-refractivity contribution >= 4 is 28.0 Å². The summed E-state index contributed by atoms with van der Waals surface area (Å²) in [6, 6.07) is 0. The van der Waals surface area contributed by atoms with Crippen molar-refractivity contribution in [2.45, 2.75) is 75.6 Å². The molecule has 0 bridgehead atoms. The number of aliphatic carboxylic acids is 1. The maximum atomic E-state index is 11.3. The van der Waals surface area contributed by atoms with Crippen LogP contribution in [-0.4, -0.2) is 87.5 Å².